The van der Waals surface area contributed by atoms with E-state index in [0.717, 1.165) is 11.1 Å². The lowest BCUT2D eigenvalue weighted by molar-refractivity contribution is 0.102. The quantitative estimate of drug-likeness (QED) is 0.570. The maximum atomic E-state index is 13.3. The summed E-state index contributed by atoms with van der Waals surface area (Å²) in [6.45, 7) is 0.625. The van der Waals surface area contributed by atoms with Crippen molar-refractivity contribution in [1.82, 2.24) is 4.31 Å². The Kier molecular flexibility index (Phi) is 6.22. The molecular weight excluding hydrogens is 469 g/mol. The first-order valence-electron chi connectivity index (χ1n) is 9.67. The summed E-state index contributed by atoms with van der Waals surface area (Å²) in [5.74, 6) is -0.586. The van der Waals surface area contributed by atoms with E-state index in [-0.39, 0.29) is 32.6 Å². The van der Waals surface area contributed by atoms with E-state index < -0.39 is 15.9 Å². The number of hydrogen-bond acceptors (Lipinski definition) is 4. The summed E-state index contributed by atoms with van der Waals surface area (Å²) in [5, 5.41) is 11.9. The normalized spacial score (nSPS) is 13.8. The minimum absolute atomic E-state index is 0.00991. The molecule has 4 rings (SSSR count). The molecule has 0 aromatic heterocycles. The largest absolute Gasteiger partial charge is 0.322 e. The molecule has 0 bridgehead atoms. The first-order valence-corrected chi connectivity index (χ1v) is 11.9. The maximum absolute atomic E-state index is 13.3. The summed E-state index contributed by atoms with van der Waals surface area (Å²) in [7, 11) is -3.83. The highest BCUT2D eigenvalue weighted by molar-refractivity contribution is 7.89. The Morgan fingerprint density at radius 2 is 1.75 bits per heavy atom. The van der Waals surface area contributed by atoms with Crippen molar-refractivity contribution in [1.29, 1.82) is 5.26 Å². The Morgan fingerprint density at radius 3 is 2.47 bits per heavy atom. The van der Waals surface area contributed by atoms with E-state index in [9.17, 15) is 13.2 Å². The van der Waals surface area contributed by atoms with Gasteiger partial charge < -0.3 is 5.32 Å². The number of hydrogen-bond donors (Lipinski definition) is 1. The van der Waals surface area contributed by atoms with Crippen LogP contribution in [0.25, 0.3) is 0 Å². The van der Waals surface area contributed by atoms with Crippen molar-refractivity contribution in [2.45, 2.75) is 17.9 Å². The van der Waals surface area contributed by atoms with Gasteiger partial charge in [-0.15, -0.1) is 0 Å². The molecule has 0 fully saturated rings. The summed E-state index contributed by atoms with van der Waals surface area (Å²) < 4.78 is 27.9. The topological polar surface area (TPSA) is 90.3 Å². The van der Waals surface area contributed by atoms with Gasteiger partial charge in [-0.25, -0.2) is 8.42 Å². The molecule has 0 radical (unpaired) electrons. The van der Waals surface area contributed by atoms with Crippen LogP contribution in [0, 0.1) is 11.3 Å². The van der Waals surface area contributed by atoms with Crippen LogP contribution in [0.5, 0.6) is 0 Å². The van der Waals surface area contributed by atoms with E-state index in [4.69, 9.17) is 28.5 Å². The van der Waals surface area contributed by atoms with Gasteiger partial charge in [0.05, 0.1) is 26.1 Å². The lowest BCUT2D eigenvalue weighted by Gasteiger charge is -2.28. The Balaban J connectivity index is 1.60. The second kappa shape index (κ2) is 8.93. The first-order chi connectivity index (χ1) is 15.3. The number of nitriles is 1. The summed E-state index contributed by atoms with van der Waals surface area (Å²) in [6, 6.07) is 18.2. The van der Waals surface area contributed by atoms with Crippen LogP contribution in [0.2, 0.25) is 10.0 Å². The van der Waals surface area contributed by atoms with Gasteiger partial charge in [-0.05, 0) is 53.9 Å². The molecule has 1 N–H and O–H groups in total. The lowest BCUT2D eigenvalue weighted by atomic mass is 10.0. The molecule has 0 aliphatic carbocycles. The van der Waals surface area contributed by atoms with Crippen molar-refractivity contribution in [3.8, 4) is 6.07 Å². The molecule has 0 saturated heterocycles. The number of benzene rings is 3. The van der Waals surface area contributed by atoms with Gasteiger partial charge in [-0.2, -0.15) is 9.57 Å². The van der Waals surface area contributed by atoms with Gasteiger partial charge in [0.15, 0.2) is 0 Å². The van der Waals surface area contributed by atoms with Crippen molar-refractivity contribution in [2.24, 2.45) is 0 Å². The molecule has 0 saturated carbocycles. The third kappa shape index (κ3) is 4.36. The Morgan fingerprint density at radius 1 is 1.00 bits per heavy atom. The highest BCUT2D eigenvalue weighted by Crippen LogP contribution is 2.28. The van der Waals surface area contributed by atoms with E-state index in [1.807, 2.05) is 30.3 Å². The highest BCUT2D eigenvalue weighted by atomic mass is 35.5. The van der Waals surface area contributed by atoms with Crippen LogP contribution in [0.1, 0.15) is 27.0 Å². The second-order valence-electron chi connectivity index (χ2n) is 7.26. The molecule has 32 heavy (non-hydrogen) atoms. The number of halogens is 2. The monoisotopic (exact) mass is 485 g/mol. The van der Waals surface area contributed by atoms with E-state index in [2.05, 4.69) is 5.32 Å². The van der Waals surface area contributed by atoms with E-state index in [0.29, 0.717) is 18.7 Å². The first kappa shape index (κ1) is 22.3. The van der Waals surface area contributed by atoms with Crippen LogP contribution in [-0.4, -0.2) is 25.2 Å². The summed E-state index contributed by atoms with van der Waals surface area (Å²) in [4.78, 5) is 12.8. The fourth-order valence-electron chi connectivity index (χ4n) is 3.54. The van der Waals surface area contributed by atoms with Crippen molar-refractivity contribution >= 4 is 44.8 Å². The number of anilines is 1. The van der Waals surface area contributed by atoms with Crippen LogP contribution in [0.4, 0.5) is 5.69 Å². The fraction of sp³-hybridized carbons (Fsp3) is 0.130. The number of carbonyl (C=O) groups is 1. The minimum atomic E-state index is -3.83. The van der Waals surface area contributed by atoms with Gasteiger partial charge in [0.2, 0.25) is 10.0 Å². The second-order valence-corrected chi connectivity index (χ2v) is 10.0. The Labute approximate surface area is 196 Å². The Bertz CT molecular complexity index is 1370. The zero-order valence-corrected chi connectivity index (χ0v) is 19.0. The van der Waals surface area contributed by atoms with E-state index >= 15 is 0 Å². The summed E-state index contributed by atoms with van der Waals surface area (Å²) in [6.07, 6.45) is 0.621. The summed E-state index contributed by atoms with van der Waals surface area (Å²) >= 11 is 12.2. The number of nitrogens with zero attached hydrogens (tertiary/aromatic N) is 2. The van der Waals surface area contributed by atoms with Gasteiger partial charge in [-0.1, -0.05) is 47.5 Å². The molecular formula is C23H17Cl2N3O3S. The molecule has 1 amide bonds. The van der Waals surface area contributed by atoms with Crippen LogP contribution < -0.4 is 5.32 Å². The smallest absolute Gasteiger partial charge is 0.257 e. The standard InChI is InChI=1S/C23H17Cl2N3O3S/c24-21-8-7-19(32(30,31)28-10-9-15-3-1-2-4-17(15)14-28)12-20(21)23(29)27-18-6-5-16(13-26)22(25)11-18/h1-8,11-12H,9-10,14H2,(H,27,29). The average molecular weight is 486 g/mol. The molecule has 0 atom stereocenters. The number of amides is 1. The number of carbonyl (C=O) groups excluding carboxylic acids is 1. The molecule has 0 spiro atoms. The van der Waals surface area contributed by atoms with Crippen LogP contribution >= 0.6 is 23.2 Å². The zero-order chi connectivity index (χ0) is 22.9. The number of sulfonamides is 1. The molecule has 3 aromatic carbocycles. The molecule has 9 heteroatoms. The summed E-state index contributed by atoms with van der Waals surface area (Å²) in [5.41, 5.74) is 2.75. The molecule has 1 aliphatic rings. The predicted molar refractivity (Wildman–Crippen MR) is 123 cm³/mol. The third-order valence-electron chi connectivity index (χ3n) is 5.26. The molecule has 3 aromatic rings. The van der Waals surface area contributed by atoms with E-state index in [1.54, 1.807) is 0 Å². The molecule has 1 heterocycles. The maximum Gasteiger partial charge on any atom is 0.257 e. The van der Waals surface area contributed by atoms with Gasteiger partial charge in [0, 0.05) is 18.8 Å². The van der Waals surface area contributed by atoms with Gasteiger partial charge in [0.25, 0.3) is 5.91 Å². The predicted octanol–water partition coefficient (Wildman–Crippen LogP) is 4.86. The highest BCUT2D eigenvalue weighted by Gasteiger charge is 2.29. The van der Waals surface area contributed by atoms with Gasteiger partial charge >= 0.3 is 0 Å². The zero-order valence-electron chi connectivity index (χ0n) is 16.7. The lowest BCUT2D eigenvalue weighted by Crippen LogP contribution is -2.36. The van der Waals surface area contributed by atoms with E-state index in [1.165, 1.54) is 40.7 Å². The third-order valence-corrected chi connectivity index (χ3v) is 7.75. The average Bonchev–Trinajstić information content (AvgIpc) is 2.79. The SMILES string of the molecule is N#Cc1ccc(NC(=O)c2cc(S(=O)(=O)N3CCc4ccccc4C3)ccc2Cl)cc1Cl. The van der Waals surface area contributed by atoms with Crippen molar-refractivity contribution in [2.75, 3.05) is 11.9 Å². The van der Waals surface area contributed by atoms with Crippen LogP contribution in [0.15, 0.2) is 65.6 Å². The van der Waals surface area contributed by atoms with Crippen molar-refractivity contribution < 1.29 is 13.2 Å². The minimum Gasteiger partial charge on any atom is -0.322 e. The van der Waals surface area contributed by atoms with Crippen molar-refractivity contribution in [3.63, 3.8) is 0 Å². The van der Waals surface area contributed by atoms with Crippen LogP contribution in [0.3, 0.4) is 0 Å². The van der Waals surface area contributed by atoms with Gasteiger partial charge in [-0.3, -0.25) is 4.79 Å². The van der Waals surface area contributed by atoms with Crippen molar-refractivity contribution in [3.05, 3.63) is 93.0 Å². The Hall–Kier alpha value is -2.89. The molecule has 6 nitrogen and oxygen atoms in total. The molecule has 162 valence electrons. The number of fused-ring (bicyclic) bond motifs is 1. The van der Waals surface area contributed by atoms with Crippen LogP contribution in [-0.2, 0) is 23.0 Å². The van der Waals surface area contributed by atoms with Gasteiger partial charge in [0.1, 0.15) is 6.07 Å². The fourth-order valence-corrected chi connectivity index (χ4v) is 5.42. The molecule has 1 aliphatic heterocycles. The number of rotatable bonds is 4. The molecule has 0 unspecified atom stereocenters. The number of nitrogens with one attached hydrogen (secondary N) is 1.